The van der Waals surface area contributed by atoms with Gasteiger partial charge in [0.15, 0.2) is 0 Å². The number of nitrogens with one attached hydrogen (secondary N) is 1. The van der Waals surface area contributed by atoms with E-state index < -0.39 is 0 Å². The van der Waals surface area contributed by atoms with Crippen LogP contribution in [0.4, 0.5) is 0 Å². The van der Waals surface area contributed by atoms with E-state index in [2.05, 4.69) is 41.2 Å². The summed E-state index contributed by atoms with van der Waals surface area (Å²) in [4.78, 5) is 7.29. The fraction of sp³-hybridized carbons (Fsp3) is 0.786. The molecule has 0 radical (unpaired) electrons. The first-order valence-corrected chi connectivity index (χ1v) is 9.22. The van der Waals surface area contributed by atoms with Crippen LogP contribution < -0.4 is 5.32 Å². The van der Waals surface area contributed by atoms with Crippen molar-refractivity contribution < 1.29 is 0 Å². The van der Waals surface area contributed by atoms with E-state index in [9.17, 15) is 0 Å². The van der Waals surface area contributed by atoms with Gasteiger partial charge in [0.2, 0.25) is 0 Å². The third kappa shape index (κ3) is 5.06. The Kier molecular flexibility index (Phi) is 6.64. The smallest absolute Gasteiger partial charge is 0.107 e. The molecule has 2 heterocycles. The Morgan fingerprint density at radius 2 is 2.37 bits per heavy atom. The van der Waals surface area contributed by atoms with E-state index >= 15 is 0 Å². The summed E-state index contributed by atoms with van der Waals surface area (Å²) in [5.41, 5.74) is 1.25. The van der Waals surface area contributed by atoms with Crippen LogP contribution in [-0.2, 0) is 13.1 Å². The molecule has 3 nitrogen and oxygen atoms in total. The van der Waals surface area contributed by atoms with Gasteiger partial charge >= 0.3 is 0 Å². The third-order valence-electron chi connectivity index (χ3n) is 3.37. The van der Waals surface area contributed by atoms with Gasteiger partial charge in [-0.3, -0.25) is 4.90 Å². The van der Waals surface area contributed by atoms with Crippen LogP contribution in [0.5, 0.6) is 0 Å². The lowest BCUT2D eigenvalue weighted by Crippen LogP contribution is -2.37. The standard InChI is InChI=1S/C14H25N3S2/c1-3-5-15-8-14-16-12(11-19-14)9-17-6-7-18-13(4-2)10-17/h11,13,15H,3-10H2,1-2H3. The van der Waals surface area contributed by atoms with Gasteiger partial charge in [0, 0.05) is 42.6 Å². The molecule has 1 unspecified atom stereocenters. The van der Waals surface area contributed by atoms with Crippen molar-refractivity contribution in [2.24, 2.45) is 0 Å². The molecule has 0 saturated carbocycles. The van der Waals surface area contributed by atoms with E-state index in [0.717, 1.165) is 24.9 Å². The van der Waals surface area contributed by atoms with Gasteiger partial charge in [-0.05, 0) is 19.4 Å². The van der Waals surface area contributed by atoms with Crippen LogP contribution in [0.2, 0.25) is 0 Å². The molecule has 0 aliphatic carbocycles. The lowest BCUT2D eigenvalue weighted by atomic mass is 10.3. The number of thioether (sulfide) groups is 1. The first kappa shape index (κ1) is 15.3. The zero-order valence-electron chi connectivity index (χ0n) is 12.0. The lowest BCUT2D eigenvalue weighted by Gasteiger charge is -2.31. The van der Waals surface area contributed by atoms with Crippen molar-refractivity contribution in [1.82, 2.24) is 15.2 Å². The SMILES string of the molecule is CCCNCc1nc(CN2CCSC(CC)C2)cs1. The van der Waals surface area contributed by atoms with Crippen molar-refractivity contribution >= 4 is 23.1 Å². The maximum Gasteiger partial charge on any atom is 0.107 e. The minimum Gasteiger partial charge on any atom is -0.310 e. The number of hydrogen-bond donors (Lipinski definition) is 1. The summed E-state index contributed by atoms with van der Waals surface area (Å²) in [5, 5.41) is 7.68. The zero-order valence-corrected chi connectivity index (χ0v) is 13.7. The van der Waals surface area contributed by atoms with Gasteiger partial charge in [0.1, 0.15) is 5.01 Å². The minimum atomic E-state index is 0.818. The van der Waals surface area contributed by atoms with Crippen LogP contribution >= 0.6 is 23.1 Å². The molecule has 2 rings (SSSR count). The molecule has 1 fully saturated rings. The highest BCUT2D eigenvalue weighted by atomic mass is 32.2. The molecule has 1 saturated heterocycles. The molecule has 1 N–H and O–H groups in total. The van der Waals surface area contributed by atoms with E-state index in [0.29, 0.717) is 0 Å². The van der Waals surface area contributed by atoms with Crippen LogP contribution in [-0.4, -0.2) is 40.5 Å². The molecule has 1 aromatic heterocycles. The molecule has 108 valence electrons. The zero-order chi connectivity index (χ0) is 13.5. The predicted molar refractivity (Wildman–Crippen MR) is 85.9 cm³/mol. The van der Waals surface area contributed by atoms with Crippen molar-refractivity contribution in [3.63, 3.8) is 0 Å². The number of nitrogens with zero attached hydrogens (tertiary/aromatic N) is 2. The van der Waals surface area contributed by atoms with Crippen LogP contribution in [0.1, 0.15) is 37.4 Å². The Morgan fingerprint density at radius 3 is 3.16 bits per heavy atom. The molecule has 1 atom stereocenters. The highest BCUT2D eigenvalue weighted by molar-refractivity contribution is 8.00. The first-order valence-electron chi connectivity index (χ1n) is 7.29. The van der Waals surface area contributed by atoms with Gasteiger partial charge in [-0.15, -0.1) is 11.3 Å². The second-order valence-electron chi connectivity index (χ2n) is 5.05. The molecular weight excluding hydrogens is 274 g/mol. The Bertz CT molecular complexity index is 367. The van der Waals surface area contributed by atoms with E-state index in [-0.39, 0.29) is 0 Å². The fourth-order valence-corrected chi connectivity index (χ4v) is 4.28. The first-order chi connectivity index (χ1) is 9.31. The molecule has 1 aliphatic heterocycles. The lowest BCUT2D eigenvalue weighted by molar-refractivity contribution is 0.270. The molecule has 0 spiro atoms. The molecule has 5 heteroatoms. The maximum absolute atomic E-state index is 4.73. The summed E-state index contributed by atoms with van der Waals surface area (Å²) in [7, 11) is 0. The Morgan fingerprint density at radius 1 is 1.47 bits per heavy atom. The van der Waals surface area contributed by atoms with Crippen molar-refractivity contribution in [1.29, 1.82) is 0 Å². The van der Waals surface area contributed by atoms with Crippen LogP contribution in [0.3, 0.4) is 0 Å². The van der Waals surface area contributed by atoms with Crippen molar-refractivity contribution in [3.05, 3.63) is 16.1 Å². The number of thiazole rings is 1. The summed E-state index contributed by atoms with van der Waals surface area (Å²) < 4.78 is 0. The molecule has 1 aliphatic rings. The van der Waals surface area contributed by atoms with Crippen molar-refractivity contribution in [2.45, 2.75) is 45.0 Å². The quantitative estimate of drug-likeness (QED) is 0.784. The van der Waals surface area contributed by atoms with Gasteiger partial charge in [0.05, 0.1) is 5.69 Å². The topological polar surface area (TPSA) is 28.2 Å². The monoisotopic (exact) mass is 299 g/mol. The van der Waals surface area contributed by atoms with Crippen molar-refractivity contribution in [2.75, 3.05) is 25.4 Å². The molecule has 19 heavy (non-hydrogen) atoms. The van der Waals surface area contributed by atoms with Crippen molar-refractivity contribution in [3.8, 4) is 0 Å². The van der Waals surface area contributed by atoms with Crippen LogP contribution in [0.25, 0.3) is 0 Å². The molecule has 0 amide bonds. The average molecular weight is 300 g/mol. The van der Waals surface area contributed by atoms with Gasteiger partial charge in [0.25, 0.3) is 0 Å². The molecule has 1 aromatic rings. The third-order valence-corrected chi connectivity index (χ3v) is 5.64. The summed E-state index contributed by atoms with van der Waals surface area (Å²) in [6.07, 6.45) is 2.46. The minimum absolute atomic E-state index is 0.818. The van der Waals surface area contributed by atoms with Gasteiger partial charge in [-0.25, -0.2) is 4.98 Å². The average Bonchev–Trinajstić information content (AvgIpc) is 2.87. The summed E-state index contributed by atoms with van der Waals surface area (Å²) in [6.45, 7) is 9.95. The van der Waals surface area contributed by atoms with Crippen LogP contribution in [0.15, 0.2) is 5.38 Å². The summed E-state index contributed by atoms with van der Waals surface area (Å²) >= 11 is 3.92. The second-order valence-corrected chi connectivity index (χ2v) is 7.40. The van der Waals surface area contributed by atoms with E-state index in [1.807, 2.05) is 0 Å². The Labute approximate surface area is 125 Å². The highest BCUT2D eigenvalue weighted by Crippen LogP contribution is 2.22. The second kappa shape index (κ2) is 8.25. The Hall–Kier alpha value is -0.100. The van der Waals surface area contributed by atoms with E-state index in [1.165, 1.54) is 42.4 Å². The molecular formula is C14H25N3S2. The van der Waals surface area contributed by atoms with Gasteiger partial charge in [-0.2, -0.15) is 11.8 Å². The fourth-order valence-electron chi connectivity index (χ4n) is 2.27. The number of aromatic nitrogens is 1. The van der Waals surface area contributed by atoms with Gasteiger partial charge < -0.3 is 5.32 Å². The highest BCUT2D eigenvalue weighted by Gasteiger charge is 2.19. The summed E-state index contributed by atoms with van der Waals surface area (Å²) in [6, 6.07) is 0. The predicted octanol–water partition coefficient (Wildman–Crippen LogP) is 2.97. The summed E-state index contributed by atoms with van der Waals surface area (Å²) in [5.74, 6) is 1.27. The normalized spacial score (nSPS) is 20.8. The molecule has 0 aromatic carbocycles. The maximum atomic E-state index is 4.73. The Balaban J connectivity index is 1.78. The van der Waals surface area contributed by atoms with Gasteiger partial charge in [-0.1, -0.05) is 13.8 Å². The number of rotatable bonds is 7. The largest absolute Gasteiger partial charge is 0.310 e. The molecule has 0 bridgehead atoms. The number of hydrogen-bond acceptors (Lipinski definition) is 5. The van der Waals surface area contributed by atoms with Crippen LogP contribution in [0, 0.1) is 0 Å². The van der Waals surface area contributed by atoms with E-state index in [1.54, 1.807) is 11.3 Å². The van der Waals surface area contributed by atoms with E-state index in [4.69, 9.17) is 4.98 Å².